The Morgan fingerprint density at radius 1 is 1.17 bits per heavy atom. The quantitative estimate of drug-likeness (QED) is 0.426. The Morgan fingerprint density at radius 2 is 1.92 bits per heavy atom. The monoisotopic (exact) mass is 440 g/mol. The lowest BCUT2D eigenvalue weighted by molar-refractivity contribution is 0.397. The Balaban J connectivity index is 0.00000288. The second-order valence-electron chi connectivity index (χ2n) is 5.22. The van der Waals surface area contributed by atoms with Crippen molar-refractivity contribution in [1.82, 2.24) is 15.2 Å². The van der Waals surface area contributed by atoms with Crippen molar-refractivity contribution >= 4 is 29.9 Å². The molecule has 1 heterocycles. The smallest absolute Gasteiger partial charge is 0.212 e. The first-order valence-corrected chi connectivity index (χ1v) is 7.75. The van der Waals surface area contributed by atoms with Gasteiger partial charge in [0.2, 0.25) is 5.88 Å². The van der Waals surface area contributed by atoms with Crippen LogP contribution in [0.1, 0.15) is 18.1 Å². The van der Waals surface area contributed by atoms with Gasteiger partial charge in [0.15, 0.2) is 5.96 Å². The molecule has 0 bridgehead atoms. The Hall–Kier alpha value is -1.83. The lowest BCUT2D eigenvalue weighted by Crippen LogP contribution is -2.38. The third kappa shape index (κ3) is 6.35. The van der Waals surface area contributed by atoms with Crippen LogP contribution in [0.25, 0.3) is 0 Å². The number of guanidine groups is 1. The fraction of sp³-hybridized carbons (Fsp3) is 0.333. The molecule has 1 N–H and O–H groups in total. The van der Waals surface area contributed by atoms with Gasteiger partial charge in [0, 0.05) is 32.4 Å². The number of hydrogen-bond acceptors (Lipinski definition) is 3. The number of pyridine rings is 1. The van der Waals surface area contributed by atoms with Crippen molar-refractivity contribution in [3.05, 3.63) is 59.8 Å². The molecule has 2 rings (SSSR count). The predicted octanol–water partition coefficient (Wildman–Crippen LogP) is 3.31. The maximum Gasteiger partial charge on any atom is 0.212 e. The Morgan fingerprint density at radius 3 is 2.50 bits per heavy atom. The molecule has 5 nitrogen and oxygen atoms in total. The van der Waals surface area contributed by atoms with E-state index in [0.717, 1.165) is 24.6 Å². The van der Waals surface area contributed by atoms with Crippen LogP contribution in [0.3, 0.4) is 0 Å². The number of benzene rings is 1. The highest BCUT2D eigenvalue weighted by Gasteiger charge is 2.06. The summed E-state index contributed by atoms with van der Waals surface area (Å²) in [5.74, 6) is 1.50. The third-order valence-corrected chi connectivity index (χ3v) is 3.38. The molecule has 1 aromatic carbocycles. The van der Waals surface area contributed by atoms with E-state index in [-0.39, 0.29) is 24.0 Å². The van der Waals surface area contributed by atoms with Crippen LogP contribution in [-0.2, 0) is 13.1 Å². The molecule has 0 amide bonds. The van der Waals surface area contributed by atoms with Gasteiger partial charge in [-0.3, -0.25) is 0 Å². The highest BCUT2D eigenvalue weighted by Crippen LogP contribution is 2.08. The second-order valence-corrected chi connectivity index (χ2v) is 5.22. The SMILES string of the molecule is CCNC(=NCc1ccc(OC)nc1)N(C)Cc1ccccc1.I. The average Bonchev–Trinajstić information content (AvgIpc) is 2.60. The third-order valence-electron chi connectivity index (χ3n) is 3.38. The highest BCUT2D eigenvalue weighted by atomic mass is 127. The summed E-state index contributed by atoms with van der Waals surface area (Å²) in [5, 5.41) is 3.33. The van der Waals surface area contributed by atoms with Crippen LogP contribution >= 0.6 is 24.0 Å². The van der Waals surface area contributed by atoms with Crippen LogP contribution in [0, 0.1) is 0 Å². The number of aromatic nitrogens is 1. The largest absolute Gasteiger partial charge is 0.481 e. The summed E-state index contributed by atoms with van der Waals surface area (Å²) in [4.78, 5) is 11.0. The van der Waals surface area contributed by atoms with E-state index in [4.69, 9.17) is 4.74 Å². The van der Waals surface area contributed by atoms with E-state index >= 15 is 0 Å². The van der Waals surface area contributed by atoms with Crippen LogP contribution in [0.5, 0.6) is 5.88 Å². The highest BCUT2D eigenvalue weighted by molar-refractivity contribution is 14.0. The molecule has 1 aromatic heterocycles. The first-order chi connectivity index (χ1) is 11.2. The van der Waals surface area contributed by atoms with Crippen LogP contribution in [0.2, 0.25) is 0 Å². The minimum atomic E-state index is 0. The van der Waals surface area contributed by atoms with Crippen LogP contribution < -0.4 is 10.1 Å². The van der Waals surface area contributed by atoms with Crippen molar-refractivity contribution in [3.8, 4) is 5.88 Å². The van der Waals surface area contributed by atoms with E-state index in [1.165, 1.54) is 5.56 Å². The minimum Gasteiger partial charge on any atom is -0.481 e. The van der Waals surface area contributed by atoms with Gasteiger partial charge in [-0.05, 0) is 18.1 Å². The lowest BCUT2D eigenvalue weighted by atomic mass is 10.2. The van der Waals surface area contributed by atoms with Gasteiger partial charge in [0.25, 0.3) is 0 Å². The van der Waals surface area contributed by atoms with Crippen molar-refractivity contribution in [2.45, 2.75) is 20.0 Å². The minimum absolute atomic E-state index is 0. The van der Waals surface area contributed by atoms with Gasteiger partial charge in [-0.25, -0.2) is 9.98 Å². The molecule has 0 aliphatic rings. The molecule has 0 fully saturated rings. The van der Waals surface area contributed by atoms with E-state index in [0.29, 0.717) is 12.4 Å². The lowest BCUT2D eigenvalue weighted by Gasteiger charge is -2.22. The molecule has 2 aromatic rings. The predicted molar refractivity (Wildman–Crippen MR) is 109 cm³/mol. The van der Waals surface area contributed by atoms with E-state index < -0.39 is 0 Å². The standard InChI is InChI=1S/C18H24N4O.HI/c1-4-19-18(22(2)14-15-8-6-5-7-9-15)21-13-16-10-11-17(23-3)20-12-16;/h5-12H,4,13-14H2,1-3H3,(H,19,21);1H. The number of rotatable bonds is 6. The van der Waals surface area contributed by atoms with Crippen molar-refractivity contribution in [1.29, 1.82) is 0 Å². The van der Waals surface area contributed by atoms with Gasteiger partial charge in [-0.15, -0.1) is 24.0 Å². The van der Waals surface area contributed by atoms with E-state index in [1.807, 2.05) is 25.2 Å². The fourth-order valence-electron chi connectivity index (χ4n) is 2.19. The summed E-state index contributed by atoms with van der Waals surface area (Å²) in [6, 6.07) is 14.2. The molecule has 0 saturated heterocycles. The number of halogens is 1. The fourth-order valence-corrected chi connectivity index (χ4v) is 2.19. The van der Waals surface area contributed by atoms with Gasteiger partial charge in [-0.1, -0.05) is 36.4 Å². The van der Waals surface area contributed by atoms with Crippen LogP contribution in [-0.4, -0.2) is 36.5 Å². The van der Waals surface area contributed by atoms with Gasteiger partial charge in [0.1, 0.15) is 0 Å². The first-order valence-electron chi connectivity index (χ1n) is 7.75. The summed E-state index contributed by atoms with van der Waals surface area (Å²) < 4.78 is 5.07. The topological polar surface area (TPSA) is 49.8 Å². The molecule has 0 saturated carbocycles. The number of hydrogen-bond donors (Lipinski definition) is 1. The van der Waals surface area contributed by atoms with Crippen LogP contribution in [0.4, 0.5) is 0 Å². The molecule has 0 radical (unpaired) electrons. The molecular weight excluding hydrogens is 415 g/mol. The molecule has 0 atom stereocenters. The molecule has 0 aliphatic heterocycles. The molecule has 0 unspecified atom stereocenters. The van der Waals surface area contributed by atoms with Crippen molar-refractivity contribution in [3.63, 3.8) is 0 Å². The van der Waals surface area contributed by atoms with Crippen molar-refractivity contribution in [2.24, 2.45) is 4.99 Å². The number of methoxy groups -OCH3 is 1. The number of aliphatic imine (C=N–C) groups is 1. The van der Waals surface area contributed by atoms with E-state index in [9.17, 15) is 0 Å². The van der Waals surface area contributed by atoms with Gasteiger partial charge in [-0.2, -0.15) is 0 Å². The molecule has 130 valence electrons. The van der Waals surface area contributed by atoms with E-state index in [2.05, 4.69) is 51.4 Å². The summed E-state index contributed by atoms with van der Waals surface area (Å²) in [5.41, 5.74) is 2.31. The zero-order valence-electron chi connectivity index (χ0n) is 14.4. The zero-order valence-corrected chi connectivity index (χ0v) is 16.7. The number of nitrogens with one attached hydrogen (secondary N) is 1. The van der Waals surface area contributed by atoms with Gasteiger partial charge in [0.05, 0.1) is 13.7 Å². The van der Waals surface area contributed by atoms with Gasteiger partial charge < -0.3 is 15.0 Å². The Labute approximate surface area is 161 Å². The maximum atomic E-state index is 5.07. The summed E-state index contributed by atoms with van der Waals surface area (Å²) in [7, 11) is 3.66. The molecule has 24 heavy (non-hydrogen) atoms. The summed E-state index contributed by atoms with van der Waals surface area (Å²) in [6.45, 7) is 4.30. The number of nitrogens with zero attached hydrogens (tertiary/aromatic N) is 3. The summed E-state index contributed by atoms with van der Waals surface area (Å²) >= 11 is 0. The summed E-state index contributed by atoms with van der Waals surface area (Å²) in [6.07, 6.45) is 1.79. The van der Waals surface area contributed by atoms with Crippen LogP contribution in [0.15, 0.2) is 53.7 Å². The van der Waals surface area contributed by atoms with Crippen molar-refractivity contribution in [2.75, 3.05) is 20.7 Å². The molecule has 0 spiro atoms. The molecule has 0 aliphatic carbocycles. The van der Waals surface area contributed by atoms with Crippen molar-refractivity contribution < 1.29 is 4.74 Å². The number of ether oxygens (including phenoxy) is 1. The second kappa shape index (κ2) is 10.9. The Kier molecular flexibility index (Phi) is 9.14. The van der Waals surface area contributed by atoms with Gasteiger partial charge >= 0.3 is 0 Å². The van der Waals surface area contributed by atoms with E-state index in [1.54, 1.807) is 13.3 Å². The first kappa shape index (κ1) is 20.2. The molecule has 6 heteroatoms. The average molecular weight is 440 g/mol. The molecular formula is C18H25IN4O. The maximum absolute atomic E-state index is 5.07. The zero-order chi connectivity index (χ0) is 16.5. The Bertz CT molecular complexity index is 617. The normalized spacial score (nSPS) is 10.7.